The second-order valence-corrected chi connectivity index (χ2v) is 13.9. The van der Waals surface area contributed by atoms with Crippen LogP contribution in [0.15, 0.2) is 173 Å². The van der Waals surface area contributed by atoms with Gasteiger partial charge in [-0.15, -0.1) is 11.3 Å². The summed E-state index contributed by atoms with van der Waals surface area (Å²) in [4.78, 5) is 2.39. The largest absolute Gasteiger partial charge is 0.456 e. The van der Waals surface area contributed by atoms with E-state index in [0.29, 0.717) is 0 Å². The van der Waals surface area contributed by atoms with Crippen LogP contribution in [0.2, 0.25) is 0 Å². The first-order chi connectivity index (χ1) is 24.8. The summed E-state index contributed by atoms with van der Waals surface area (Å²) < 4.78 is 15.7. The van der Waals surface area contributed by atoms with Crippen LogP contribution in [0.3, 0.4) is 0 Å². The average molecular weight is 658 g/mol. The Morgan fingerprint density at radius 1 is 0.440 bits per heavy atom. The van der Waals surface area contributed by atoms with Crippen LogP contribution in [-0.4, -0.2) is 0 Å². The van der Waals surface area contributed by atoms with E-state index >= 15 is 0 Å². The minimum Gasteiger partial charge on any atom is -0.456 e. The first kappa shape index (κ1) is 27.6. The molecule has 0 radical (unpaired) electrons. The summed E-state index contributed by atoms with van der Waals surface area (Å²) in [6.07, 6.45) is 0. The Morgan fingerprint density at radius 2 is 1.10 bits per heavy atom. The van der Waals surface area contributed by atoms with Crippen LogP contribution >= 0.6 is 11.3 Å². The maximum atomic E-state index is 6.70. The number of para-hydroxylation sites is 1. The van der Waals surface area contributed by atoms with E-state index in [2.05, 4.69) is 157 Å². The highest BCUT2D eigenvalue weighted by molar-refractivity contribution is 7.26. The monoisotopic (exact) mass is 657 g/mol. The number of anilines is 3. The third-order valence-corrected chi connectivity index (χ3v) is 11.3. The number of furan rings is 2. The number of benzene rings is 8. The topological polar surface area (TPSA) is 29.5 Å². The quantitative estimate of drug-likeness (QED) is 0.189. The summed E-state index contributed by atoms with van der Waals surface area (Å²) in [6, 6.07) is 58.3. The van der Waals surface area contributed by atoms with Crippen molar-refractivity contribution in [2.24, 2.45) is 0 Å². The Kier molecular flexibility index (Phi) is 5.83. The molecular weight excluding hydrogens is 631 g/mol. The van der Waals surface area contributed by atoms with Gasteiger partial charge in [-0.1, -0.05) is 109 Å². The molecule has 0 aliphatic carbocycles. The first-order valence-corrected chi connectivity index (χ1v) is 17.7. The summed E-state index contributed by atoms with van der Waals surface area (Å²) >= 11 is 1.86. The van der Waals surface area contributed by atoms with Crippen molar-refractivity contribution in [2.75, 3.05) is 4.90 Å². The van der Waals surface area contributed by atoms with Gasteiger partial charge in [-0.2, -0.15) is 0 Å². The van der Waals surface area contributed by atoms with Crippen molar-refractivity contribution in [3.05, 3.63) is 164 Å². The fourth-order valence-electron chi connectivity index (χ4n) is 7.86. The van der Waals surface area contributed by atoms with Crippen LogP contribution in [0, 0.1) is 0 Å². The lowest BCUT2D eigenvalue weighted by atomic mass is 10.0. The number of nitrogens with zero attached hydrogens (tertiary/aromatic N) is 1. The Hall–Kier alpha value is -6.36. The van der Waals surface area contributed by atoms with Crippen LogP contribution in [0.4, 0.5) is 17.1 Å². The second-order valence-electron chi connectivity index (χ2n) is 12.8. The van der Waals surface area contributed by atoms with Gasteiger partial charge in [-0.05, 0) is 71.1 Å². The number of fused-ring (bicyclic) bond motifs is 11. The molecule has 0 atom stereocenters. The summed E-state index contributed by atoms with van der Waals surface area (Å²) in [5.41, 5.74) is 9.05. The van der Waals surface area contributed by atoms with E-state index in [9.17, 15) is 0 Å². The minimum absolute atomic E-state index is 0.856. The molecule has 0 spiro atoms. The van der Waals surface area contributed by atoms with Crippen molar-refractivity contribution in [3.8, 4) is 11.1 Å². The third-order valence-electron chi connectivity index (χ3n) is 10.0. The Morgan fingerprint density at radius 3 is 1.98 bits per heavy atom. The van der Waals surface area contributed by atoms with Gasteiger partial charge in [0.2, 0.25) is 0 Å². The molecule has 0 amide bonds. The zero-order chi connectivity index (χ0) is 32.8. The first-order valence-electron chi connectivity index (χ1n) is 16.8. The number of hydrogen-bond acceptors (Lipinski definition) is 4. The molecule has 0 saturated heterocycles. The van der Waals surface area contributed by atoms with Crippen LogP contribution in [0.25, 0.3) is 85.9 Å². The Bertz CT molecular complexity index is 3130. The molecule has 8 aromatic carbocycles. The molecule has 4 heteroatoms. The predicted octanol–water partition coefficient (Wildman–Crippen LogP) is 14.1. The molecule has 3 heterocycles. The highest BCUT2D eigenvalue weighted by Crippen LogP contribution is 2.48. The van der Waals surface area contributed by atoms with E-state index in [-0.39, 0.29) is 0 Å². The molecule has 0 N–H and O–H groups in total. The molecule has 3 aromatic heterocycles. The lowest BCUT2D eigenvalue weighted by Crippen LogP contribution is -2.11. The highest BCUT2D eigenvalue weighted by atomic mass is 32.1. The summed E-state index contributed by atoms with van der Waals surface area (Å²) in [6.45, 7) is 0. The smallest absolute Gasteiger partial charge is 0.143 e. The zero-order valence-corrected chi connectivity index (χ0v) is 27.6. The van der Waals surface area contributed by atoms with E-state index in [1.807, 2.05) is 23.5 Å². The molecule has 3 nitrogen and oxygen atoms in total. The molecule has 0 fully saturated rings. The molecule has 0 saturated carbocycles. The zero-order valence-electron chi connectivity index (χ0n) is 26.8. The molecule has 50 heavy (non-hydrogen) atoms. The molecule has 0 aliphatic heterocycles. The lowest BCUT2D eigenvalue weighted by Gasteiger charge is -2.27. The van der Waals surface area contributed by atoms with Crippen molar-refractivity contribution in [1.29, 1.82) is 0 Å². The fourth-order valence-corrected chi connectivity index (χ4v) is 9.10. The van der Waals surface area contributed by atoms with Crippen LogP contribution in [0.1, 0.15) is 0 Å². The Balaban J connectivity index is 1.22. The molecule has 0 aliphatic rings. The molecule has 11 aromatic rings. The van der Waals surface area contributed by atoms with Crippen LogP contribution < -0.4 is 4.90 Å². The molecular formula is C46H27NO2S. The van der Waals surface area contributed by atoms with Gasteiger partial charge in [0.15, 0.2) is 0 Å². The van der Waals surface area contributed by atoms with E-state index in [0.717, 1.165) is 71.7 Å². The van der Waals surface area contributed by atoms with Crippen LogP contribution in [-0.2, 0) is 0 Å². The Labute approximate surface area is 290 Å². The van der Waals surface area contributed by atoms with Crippen molar-refractivity contribution in [1.82, 2.24) is 0 Å². The van der Waals surface area contributed by atoms with Crippen LogP contribution in [0.5, 0.6) is 0 Å². The average Bonchev–Trinajstić information content (AvgIpc) is 3.87. The molecule has 0 bridgehead atoms. The van der Waals surface area contributed by atoms with Gasteiger partial charge in [0.1, 0.15) is 22.3 Å². The summed E-state index contributed by atoms with van der Waals surface area (Å²) in [5, 5.41) is 9.21. The van der Waals surface area contributed by atoms with Crippen molar-refractivity contribution < 1.29 is 8.83 Å². The molecule has 0 unspecified atom stereocenters. The lowest BCUT2D eigenvalue weighted by molar-refractivity contribution is 0.669. The van der Waals surface area contributed by atoms with Gasteiger partial charge >= 0.3 is 0 Å². The van der Waals surface area contributed by atoms with Gasteiger partial charge < -0.3 is 13.7 Å². The van der Waals surface area contributed by atoms with E-state index in [4.69, 9.17) is 8.83 Å². The van der Waals surface area contributed by atoms with Crippen molar-refractivity contribution in [3.63, 3.8) is 0 Å². The van der Waals surface area contributed by atoms with Gasteiger partial charge in [-0.25, -0.2) is 0 Å². The predicted molar refractivity (Wildman–Crippen MR) is 212 cm³/mol. The number of rotatable bonds is 4. The van der Waals surface area contributed by atoms with Gasteiger partial charge in [0.25, 0.3) is 0 Å². The standard InChI is InChI=1S/C46H27NO2S/c1-2-14-31-28(11-1)25-26-36-44-38(20-10-23-41(44)49-45(31)36)47(37-19-9-22-40-43(37)35-16-3-5-21-39(35)48-40)30-13-7-12-29(27-30)32-17-8-18-34-33-15-4-6-24-42(33)50-46(32)34/h1-27H. The van der Waals surface area contributed by atoms with Crippen molar-refractivity contribution in [2.45, 2.75) is 0 Å². The summed E-state index contributed by atoms with van der Waals surface area (Å²) in [5.74, 6) is 0. The van der Waals surface area contributed by atoms with Crippen molar-refractivity contribution >= 4 is 103 Å². The highest BCUT2D eigenvalue weighted by Gasteiger charge is 2.24. The number of thiophene rings is 1. The second kappa shape index (κ2) is 10.6. The van der Waals surface area contributed by atoms with Gasteiger partial charge in [0, 0.05) is 42.0 Å². The fraction of sp³-hybridized carbons (Fsp3) is 0. The minimum atomic E-state index is 0.856. The molecule has 234 valence electrons. The number of hydrogen-bond donors (Lipinski definition) is 0. The maximum Gasteiger partial charge on any atom is 0.143 e. The normalized spacial score (nSPS) is 12.0. The SMILES string of the molecule is c1cc(-c2cccc3c2sc2ccccc23)cc(N(c2cccc3oc4ccccc4c23)c2cccc3oc4c5ccccc5ccc4c23)c1. The van der Waals surface area contributed by atoms with E-state index in [1.165, 1.54) is 31.3 Å². The maximum absolute atomic E-state index is 6.70. The van der Waals surface area contributed by atoms with E-state index < -0.39 is 0 Å². The van der Waals surface area contributed by atoms with Gasteiger partial charge in [-0.3, -0.25) is 0 Å². The third kappa shape index (κ3) is 3.97. The summed E-state index contributed by atoms with van der Waals surface area (Å²) in [7, 11) is 0. The molecule has 11 rings (SSSR count). The van der Waals surface area contributed by atoms with Gasteiger partial charge in [0.05, 0.1) is 22.1 Å². The van der Waals surface area contributed by atoms with E-state index in [1.54, 1.807) is 0 Å².